The predicted molar refractivity (Wildman–Crippen MR) is 96.4 cm³/mol. The average molecular weight is 355 g/mol. The first-order chi connectivity index (χ1) is 12.5. The van der Waals surface area contributed by atoms with Crippen molar-refractivity contribution in [1.29, 1.82) is 0 Å². The molecule has 0 heterocycles. The normalized spacial score (nSPS) is 16.8. The molecule has 2 N–H and O–H groups in total. The quantitative estimate of drug-likeness (QED) is 0.832. The van der Waals surface area contributed by atoms with Gasteiger partial charge in [-0.05, 0) is 36.1 Å². The van der Waals surface area contributed by atoms with Crippen molar-refractivity contribution < 1.29 is 19.1 Å². The molecule has 1 fully saturated rings. The third-order valence-electron chi connectivity index (χ3n) is 5.24. The molecule has 2 aromatic carbocycles. The summed E-state index contributed by atoms with van der Waals surface area (Å²) in [5.41, 5.74) is 0.535. The first kappa shape index (κ1) is 18.1. The maximum Gasteiger partial charge on any atom is 0.312 e. The molecule has 0 saturated heterocycles. The molecular weight excluding hydrogens is 333 g/mol. The van der Waals surface area contributed by atoms with E-state index in [2.05, 4.69) is 5.32 Å². The number of carbonyl (C=O) groups excluding carboxylic acids is 1. The molecule has 5 heteroatoms. The van der Waals surface area contributed by atoms with E-state index in [0.717, 1.165) is 12.8 Å². The van der Waals surface area contributed by atoms with Gasteiger partial charge in [-0.2, -0.15) is 0 Å². The van der Waals surface area contributed by atoms with Gasteiger partial charge in [0.25, 0.3) is 0 Å². The molecule has 1 atom stereocenters. The fraction of sp³-hybridized carbons (Fsp3) is 0.333. The standard InChI is InChI=1S/C21H22FNO3/c22-17-10-6-9-16(13-17)21(11-4-5-12-21)20(26)23-14-18(19(24)25)15-7-2-1-3-8-15/h1-3,6-10,13,18H,4-5,11-12,14H2,(H,23,26)(H,24,25). The summed E-state index contributed by atoms with van der Waals surface area (Å²) in [5, 5.41) is 12.3. The highest BCUT2D eigenvalue weighted by molar-refractivity contribution is 5.89. The van der Waals surface area contributed by atoms with E-state index in [4.69, 9.17) is 0 Å². The number of halogens is 1. The minimum absolute atomic E-state index is 0.00917. The van der Waals surface area contributed by atoms with Crippen LogP contribution in [-0.4, -0.2) is 23.5 Å². The summed E-state index contributed by atoms with van der Waals surface area (Å²) in [6.45, 7) is 0.00917. The second kappa shape index (κ2) is 7.68. The predicted octanol–water partition coefficient (Wildman–Crippen LogP) is 3.62. The summed E-state index contributed by atoms with van der Waals surface area (Å²) in [7, 11) is 0. The van der Waals surface area contributed by atoms with Crippen molar-refractivity contribution in [2.75, 3.05) is 6.54 Å². The van der Waals surface area contributed by atoms with Gasteiger partial charge in [0.05, 0.1) is 11.3 Å². The molecule has 4 nitrogen and oxygen atoms in total. The highest BCUT2D eigenvalue weighted by atomic mass is 19.1. The van der Waals surface area contributed by atoms with Gasteiger partial charge in [-0.25, -0.2) is 4.39 Å². The molecular formula is C21H22FNO3. The molecule has 0 spiro atoms. The summed E-state index contributed by atoms with van der Waals surface area (Å²) in [6.07, 6.45) is 3.08. The van der Waals surface area contributed by atoms with Crippen LogP contribution in [0.1, 0.15) is 42.7 Å². The molecule has 1 saturated carbocycles. The summed E-state index contributed by atoms with van der Waals surface area (Å²) in [5.74, 6) is -2.38. The van der Waals surface area contributed by atoms with Crippen molar-refractivity contribution in [1.82, 2.24) is 5.32 Å². The Balaban J connectivity index is 1.79. The molecule has 2 aromatic rings. The third kappa shape index (κ3) is 3.62. The van der Waals surface area contributed by atoms with Crippen molar-refractivity contribution in [3.63, 3.8) is 0 Å². The molecule has 3 rings (SSSR count). The van der Waals surface area contributed by atoms with Gasteiger partial charge in [-0.15, -0.1) is 0 Å². The molecule has 1 aliphatic carbocycles. The van der Waals surface area contributed by atoms with Crippen molar-refractivity contribution in [2.24, 2.45) is 0 Å². The number of aliphatic carboxylic acids is 1. The molecule has 0 radical (unpaired) electrons. The van der Waals surface area contributed by atoms with E-state index >= 15 is 0 Å². The van der Waals surface area contributed by atoms with Crippen LogP contribution in [0, 0.1) is 5.82 Å². The third-order valence-corrected chi connectivity index (χ3v) is 5.24. The van der Waals surface area contributed by atoms with Crippen molar-refractivity contribution >= 4 is 11.9 Å². The second-order valence-electron chi connectivity index (χ2n) is 6.81. The summed E-state index contributed by atoms with van der Waals surface area (Å²) >= 11 is 0. The first-order valence-electron chi connectivity index (χ1n) is 8.85. The number of carboxylic acids is 1. The monoisotopic (exact) mass is 355 g/mol. The molecule has 1 aliphatic rings. The maximum absolute atomic E-state index is 13.7. The van der Waals surface area contributed by atoms with Gasteiger partial charge in [0.1, 0.15) is 5.82 Å². The Morgan fingerprint density at radius 1 is 1.08 bits per heavy atom. The van der Waals surface area contributed by atoms with Gasteiger partial charge in [0.2, 0.25) is 5.91 Å². The number of rotatable bonds is 6. The molecule has 26 heavy (non-hydrogen) atoms. The number of carbonyl (C=O) groups is 2. The first-order valence-corrected chi connectivity index (χ1v) is 8.85. The van der Waals surface area contributed by atoms with Crippen LogP contribution in [0.25, 0.3) is 0 Å². The van der Waals surface area contributed by atoms with Gasteiger partial charge in [0, 0.05) is 6.54 Å². The van der Waals surface area contributed by atoms with Crippen LogP contribution in [0.3, 0.4) is 0 Å². The summed E-state index contributed by atoms with van der Waals surface area (Å²) < 4.78 is 13.7. The van der Waals surface area contributed by atoms with E-state index in [1.54, 1.807) is 36.4 Å². The van der Waals surface area contributed by atoms with Gasteiger partial charge >= 0.3 is 5.97 Å². The van der Waals surface area contributed by atoms with E-state index in [1.807, 2.05) is 6.07 Å². The Labute approximate surface area is 152 Å². The zero-order valence-electron chi connectivity index (χ0n) is 14.5. The van der Waals surface area contributed by atoms with E-state index in [9.17, 15) is 19.1 Å². The number of hydrogen-bond acceptors (Lipinski definition) is 2. The molecule has 0 aromatic heterocycles. The zero-order valence-corrected chi connectivity index (χ0v) is 14.5. The van der Waals surface area contributed by atoms with E-state index in [1.165, 1.54) is 12.1 Å². The molecule has 1 amide bonds. The fourth-order valence-corrected chi connectivity index (χ4v) is 3.81. The lowest BCUT2D eigenvalue weighted by atomic mass is 9.78. The van der Waals surface area contributed by atoms with Crippen LogP contribution in [0.5, 0.6) is 0 Å². The van der Waals surface area contributed by atoms with Crippen molar-refractivity contribution in [3.05, 3.63) is 71.5 Å². The largest absolute Gasteiger partial charge is 0.481 e. The molecule has 1 unspecified atom stereocenters. The lowest BCUT2D eigenvalue weighted by Gasteiger charge is -2.29. The Bertz CT molecular complexity index is 785. The van der Waals surface area contributed by atoms with Gasteiger partial charge in [0.15, 0.2) is 0 Å². The average Bonchev–Trinajstić information content (AvgIpc) is 3.13. The SMILES string of the molecule is O=C(O)C(CNC(=O)C1(c2cccc(F)c2)CCCC1)c1ccccc1. The van der Waals surface area contributed by atoms with Crippen LogP contribution in [-0.2, 0) is 15.0 Å². The minimum atomic E-state index is -0.984. The number of hydrogen-bond donors (Lipinski definition) is 2. The van der Waals surface area contributed by atoms with Crippen LogP contribution in [0.2, 0.25) is 0 Å². The van der Waals surface area contributed by atoms with E-state index in [-0.39, 0.29) is 18.3 Å². The smallest absolute Gasteiger partial charge is 0.312 e. The van der Waals surface area contributed by atoms with Crippen LogP contribution >= 0.6 is 0 Å². The second-order valence-corrected chi connectivity index (χ2v) is 6.81. The van der Waals surface area contributed by atoms with Crippen molar-refractivity contribution in [2.45, 2.75) is 37.0 Å². The number of benzene rings is 2. The lowest BCUT2D eigenvalue weighted by molar-refractivity contribution is -0.138. The Morgan fingerprint density at radius 3 is 2.38 bits per heavy atom. The van der Waals surface area contributed by atoms with Crippen LogP contribution < -0.4 is 5.32 Å². The maximum atomic E-state index is 13.7. The minimum Gasteiger partial charge on any atom is -0.481 e. The van der Waals surface area contributed by atoms with Gasteiger partial charge < -0.3 is 10.4 Å². The molecule has 0 aliphatic heterocycles. The van der Waals surface area contributed by atoms with Crippen LogP contribution in [0.15, 0.2) is 54.6 Å². The Kier molecular flexibility index (Phi) is 5.35. The highest BCUT2D eigenvalue weighted by Crippen LogP contribution is 2.41. The lowest BCUT2D eigenvalue weighted by Crippen LogP contribution is -2.44. The van der Waals surface area contributed by atoms with Gasteiger partial charge in [-0.1, -0.05) is 55.3 Å². The van der Waals surface area contributed by atoms with Crippen LogP contribution in [0.4, 0.5) is 4.39 Å². The van der Waals surface area contributed by atoms with E-state index in [0.29, 0.717) is 24.0 Å². The molecule has 136 valence electrons. The number of carboxylic acid groups (broad SMARTS) is 1. The Morgan fingerprint density at radius 2 is 1.77 bits per heavy atom. The topological polar surface area (TPSA) is 66.4 Å². The number of nitrogens with one attached hydrogen (secondary N) is 1. The van der Waals surface area contributed by atoms with E-state index < -0.39 is 17.3 Å². The fourth-order valence-electron chi connectivity index (χ4n) is 3.81. The van der Waals surface area contributed by atoms with Gasteiger partial charge in [-0.3, -0.25) is 9.59 Å². The summed E-state index contributed by atoms with van der Waals surface area (Å²) in [4.78, 5) is 24.6. The Hall–Kier alpha value is -2.69. The number of amides is 1. The summed E-state index contributed by atoms with van der Waals surface area (Å²) in [6, 6.07) is 15.0. The zero-order chi connectivity index (χ0) is 18.6. The van der Waals surface area contributed by atoms with Crippen molar-refractivity contribution in [3.8, 4) is 0 Å². The molecule has 0 bridgehead atoms. The highest BCUT2D eigenvalue weighted by Gasteiger charge is 2.43.